The molecule has 0 unspecified atom stereocenters. The Labute approximate surface area is 152 Å². The van der Waals surface area contributed by atoms with Gasteiger partial charge in [0.15, 0.2) is 16.4 Å². The minimum Gasteiger partial charge on any atom is -0.497 e. The van der Waals surface area contributed by atoms with E-state index in [-0.39, 0.29) is 0 Å². The van der Waals surface area contributed by atoms with Crippen molar-refractivity contribution >= 4 is 12.2 Å². The fourth-order valence-corrected chi connectivity index (χ4v) is 3.08. The lowest BCUT2D eigenvalue weighted by Gasteiger charge is -2.16. The van der Waals surface area contributed by atoms with Gasteiger partial charge in [-0.3, -0.25) is 9.47 Å². The van der Waals surface area contributed by atoms with Gasteiger partial charge in [0.05, 0.1) is 20.0 Å². The zero-order valence-corrected chi connectivity index (χ0v) is 15.5. The minimum absolute atomic E-state index is 0.594. The Bertz CT molecular complexity index is 883. The van der Waals surface area contributed by atoms with E-state index >= 15 is 0 Å². The zero-order chi connectivity index (χ0) is 17.8. The van der Waals surface area contributed by atoms with E-state index in [1.165, 1.54) is 5.56 Å². The van der Waals surface area contributed by atoms with Crippen LogP contribution < -0.4 is 4.74 Å². The number of hydrogen-bond donors (Lipinski definition) is 0. The number of methoxy groups -OCH3 is 1. The molecule has 0 aliphatic heterocycles. The molecule has 0 amide bonds. The van der Waals surface area contributed by atoms with Gasteiger partial charge >= 0.3 is 0 Å². The number of nitrogens with zero attached hydrogens (tertiary/aromatic N) is 4. The highest BCUT2D eigenvalue weighted by atomic mass is 32.1. The zero-order valence-electron chi connectivity index (χ0n) is 14.7. The quantitative estimate of drug-likeness (QED) is 0.601. The molecule has 1 aromatic carbocycles. The van der Waals surface area contributed by atoms with Crippen LogP contribution in [-0.2, 0) is 19.8 Å². The van der Waals surface area contributed by atoms with Crippen LogP contribution in [0.1, 0.15) is 12.5 Å². The average Bonchev–Trinajstić information content (AvgIpc) is 3.23. The molecule has 25 heavy (non-hydrogen) atoms. The van der Waals surface area contributed by atoms with Gasteiger partial charge in [0, 0.05) is 13.1 Å². The molecule has 0 aliphatic carbocycles. The summed E-state index contributed by atoms with van der Waals surface area (Å²) < 4.78 is 15.3. The summed E-state index contributed by atoms with van der Waals surface area (Å²) in [5.74, 6) is 2.34. The lowest BCUT2D eigenvalue weighted by molar-refractivity contribution is 0.243. The van der Waals surface area contributed by atoms with Crippen molar-refractivity contribution in [3.63, 3.8) is 0 Å². The molecule has 0 bridgehead atoms. The molecule has 0 fully saturated rings. The van der Waals surface area contributed by atoms with Crippen LogP contribution in [0.3, 0.4) is 0 Å². The third kappa shape index (κ3) is 3.83. The van der Waals surface area contributed by atoms with Gasteiger partial charge in [0.2, 0.25) is 0 Å². The first-order chi connectivity index (χ1) is 12.1. The van der Waals surface area contributed by atoms with E-state index in [4.69, 9.17) is 21.4 Å². The maximum Gasteiger partial charge on any atom is 0.199 e. The minimum atomic E-state index is 0.594. The highest BCUT2D eigenvalue weighted by Gasteiger charge is 2.14. The first kappa shape index (κ1) is 17.4. The molecule has 7 heteroatoms. The molecule has 0 saturated heterocycles. The van der Waals surface area contributed by atoms with Crippen molar-refractivity contribution < 1.29 is 9.15 Å². The standard InChI is InChI=1S/C18H22N4O2S/c1-4-21-17(16-9-6-10-24-16)19-22(18(21)25)13-20(2)12-14-7-5-8-15(11-14)23-3/h5-11H,4,12-13H2,1-3H3. The Morgan fingerprint density at radius 2 is 2.12 bits per heavy atom. The SMILES string of the molecule is CCn1c(-c2ccco2)nn(CN(C)Cc2cccc(OC)c2)c1=S. The largest absolute Gasteiger partial charge is 0.497 e. The number of hydrogen-bond acceptors (Lipinski definition) is 5. The molecule has 0 saturated carbocycles. The van der Waals surface area contributed by atoms with Gasteiger partial charge < -0.3 is 9.15 Å². The molecule has 0 radical (unpaired) electrons. The van der Waals surface area contributed by atoms with Gasteiger partial charge in [-0.1, -0.05) is 12.1 Å². The summed E-state index contributed by atoms with van der Waals surface area (Å²) in [6, 6.07) is 11.8. The number of benzene rings is 1. The smallest absolute Gasteiger partial charge is 0.199 e. The van der Waals surface area contributed by atoms with Crippen LogP contribution in [0.25, 0.3) is 11.6 Å². The first-order valence-corrected chi connectivity index (χ1v) is 8.56. The average molecular weight is 358 g/mol. The highest BCUT2D eigenvalue weighted by molar-refractivity contribution is 7.71. The molecule has 3 aromatic rings. The van der Waals surface area contributed by atoms with E-state index in [0.717, 1.165) is 30.4 Å². The molecule has 6 nitrogen and oxygen atoms in total. The topological polar surface area (TPSA) is 48.4 Å². The molecule has 3 rings (SSSR count). The lowest BCUT2D eigenvalue weighted by atomic mass is 10.2. The first-order valence-electron chi connectivity index (χ1n) is 8.15. The van der Waals surface area contributed by atoms with Crippen molar-refractivity contribution in [1.29, 1.82) is 0 Å². The summed E-state index contributed by atoms with van der Waals surface area (Å²) in [5, 5.41) is 4.65. The fourth-order valence-electron chi connectivity index (χ4n) is 2.77. The second-order valence-corrected chi connectivity index (χ2v) is 6.20. The van der Waals surface area contributed by atoms with Crippen molar-refractivity contribution in [2.45, 2.75) is 26.7 Å². The lowest BCUT2D eigenvalue weighted by Crippen LogP contribution is -2.22. The van der Waals surface area contributed by atoms with E-state index < -0.39 is 0 Å². The Hall–Kier alpha value is -2.38. The number of aromatic nitrogens is 3. The summed E-state index contributed by atoms with van der Waals surface area (Å²) in [5.41, 5.74) is 1.18. The summed E-state index contributed by atoms with van der Waals surface area (Å²) in [6.45, 7) is 4.16. The van der Waals surface area contributed by atoms with Gasteiger partial charge in [0.1, 0.15) is 5.75 Å². The van der Waals surface area contributed by atoms with E-state index in [1.54, 1.807) is 13.4 Å². The Morgan fingerprint density at radius 1 is 1.28 bits per heavy atom. The van der Waals surface area contributed by atoms with Gasteiger partial charge in [-0.05, 0) is 56.0 Å². The van der Waals surface area contributed by atoms with Gasteiger partial charge in [-0.25, -0.2) is 4.68 Å². The summed E-state index contributed by atoms with van der Waals surface area (Å²) in [7, 11) is 3.72. The molecule has 0 aliphatic rings. The molecule has 0 atom stereocenters. The maximum atomic E-state index is 5.58. The predicted octanol–water partition coefficient (Wildman–Crippen LogP) is 3.79. The second kappa shape index (κ2) is 7.67. The van der Waals surface area contributed by atoms with Crippen molar-refractivity contribution in [3.8, 4) is 17.3 Å². The maximum absolute atomic E-state index is 5.58. The van der Waals surface area contributed by atoms with E-state index in [2.05, 4.69) is 16.1 Å². The van der Waals surface area contributed by atoms with Crippen LogP contribution in [0.15, 0.2) is 47.1 Å². The van der Waals surface area contributed by atoms with E-state index in [9.17, 15) is 0 Å². The third-order valence-electron chi connectivity index (χ3n) is 3.94. The number of furan rings is 1. The van der Waals surface area contributed by atoms with E-state index in [0.29, 0.717) is 11.4 Å². The second-order valence-electron chi connectivity index (χ2n) is 5.83. The van der Waals surface area contributed by atoms with Gasteiger partial charge in [0.25, 0.3) is 0 Å². The fraction of sp³-hybridized carbons (Fsp3) is 0.333. The summed E-state index contributed by atoms with van der Waals surface area (Å²) >= 11 is 5.58. The van der Waals surface area contributed by atoms with Crippen LogP contribution >= 0.6 is 12.2 Å². The van der Waals surface area contributed by atoms with Gasteiger partial charge in [-0.2, -0.15) is 0 Å². The number of ether oxygens (including phenoxy) is 1. The highest BCUT2D eigenvalue weighted by Crippen LogP contribution is 2.19. The van der Waals surface area contributed by atoms with Crippen LogP contribution in [0.5, 0.6) is 5.75 Å². The van der Waals surface area contributed by atoms with Crippen molar-refractivity contribution in [3.05, 3.63) is 53.0 Å². The molecule has 0 spiro atoms. The molecular weight excluding hydrogens is 336 g/mol. The Morgan fingerprint density at radius 3 is 2.80 bits per heavy atom. The molecule has 132 valence electrons. The van der Waals surface area contributed by atoms with Crippen molar-refractivity contribution in [2.75, 3.05) is 14.2 Å². The molecular formula is C18H22N4O2S. The monoisotopic (exact) mass is 358 g/mol. The van der Waals surface area contributed by atoms with Crippen molar-refractivity contribution in [2.24, 2.45) is 0 Å². The molecule has 2 heterocycles. The normalized spacial score (nSPS) is 11.2. The summed E-state index contributed by atoms with van der Waals surface area (Å²) in [4.78, 5) is 2.16. The third-order valence-corrected chi connectivity index (χ3v) is 4.37. The predicted molar refractivity (Wildman–Crippen MR) is 98.9 cm³/mol. The van der Waals surface area contributed by atoms with Crippen LogP contribution in [-0.4, -0.2) is 33.4 Å². The number of rotatable bonds is 7. The Kier molecular flexibility index (Phi) is 5.35. The van der Waals surface area contributed by atoms with Crippen LogP contribution in [0.2, 0.25) is 0 Å². The van der Waals surface area contributed by atoms with E-state index in [1.807, 2.05) is 53.6 Å². The Balaban J connectivity index is 1.79. The molecule has 2 aromatic heterocycles. The van der Waals surface area contributed by atoms with Gasteiger partial charge in [-0.15, -0.1) is 5.10 Å². The van der Waals surface area contributed by atoms with Crippen LogP contribution in [0.4, 0.5) is 0 Å². The van der Waals surface area contributed by atoms with Crippen LogP contribution in [0, 0.1) is 4.77 Å². The van der Waals surface area contributed by atoms with Crippen molar-refractivity contribution in [1.82, 2.24) is 19.2 Å². The molecule has 0 N–H and O–H groups in total. The summed E-state index contributed by atoms with van der Waals surface area (Å²) in [6.07, 6.45) is 1.65.